The third-order valence-corrected chi connectivity index (χ3v) is 6.83. The van der Waals surface area contributed by atoms with E-state index in [4.69, 9.17) is 14.2 Å². The Morgan fingerprint density at radius 1 is 0.977 bits per heavy atom. The summed E-state index contributed by atoms with van der Waals surface area (Å²) in [7, 11) is 1.53. The van der Waals surface area contributed by atoms with Gasteiger partial charge in [-0.05, 0) is 74.8 Å². The lowest BCUT2D eigenvalue weighted by Crippen LogP contribution is -2.21. The molecule has 13 heteroatoms. The molecule has 1 saturated heterocycles. The molecule has 1 fully saturated rings. The van der Waals surface area contributed by atoms with Gasteiger partial charge in [-0.2, -0.15) is 13.2 Å². The van der Waals surface area contributed by atoms with Crippen LogP contribution in [0.2, 0.25) is 0 Å². The van der Waals surface area contributed by atoms with Gasteiger partial charge in [-0.25, -0.2) is 19.2 Å². The van der Waals surface area contributed by atoms with Gasteiger partial charge in [0.1, 0.15) is 17.9 Å². The molecule has 43 heavy (non-hydrogen) atoms. The lowest BCUT2D eigenvalue weighted by molar-refractivity contribution is -0.137. The average Bonchev–Trinajstić information content (AvgIpc) is 3.50. The molecule has 2 N–H and O–H groups in total. The van der Waals surface area contributed by atoms with Crippen LogP contribution in [0.15, 0.2) is 60.9 Å². The number of benzene rings is 3. The number of aromatic nitrogens is 2. The monoisotopic (exact) mass is 599 g/mol. The Bertz CT molecular complexity index is 1580. The molecule has 3 aromatic carbocycles. The number of anilines is 2. The van der Waals surface area contributed by atoms with Crippen LogP contribution < -0.4 is 24.8 Å². The van der Waals surface area contributed by atoms with E-state index in [0.717, 1.165) is 56.4 Å². The fraction of sp³-hybridized carbons (Fsp3) is 0.300. The summed E-state index contributed by atoms with van der Waals surface area (Å²) in [6.07, 6.45) is 0.180. The number of methoxy groups -OCH3 is 1. The van der Waals surface area contributed by atoms with E-state index in [-0.39, 0.29) is 23.0 Å². The van der Waals surface area contributed by atoms with Crippen LogP contribution in [0.5, 0.6) is 23.1 Å². The number of halogens is 4. The number of likely N-dealkylation sites (tertiary alicyclic amines) is 1. The summed E-state index contributed by atoms with van der Waals surface area (Å²) in [4.78, 5) is 23.2. The maximum absolute atomic E-state index is 14.8. The Kier molecular flexibility index (Phi) is 9.10. The van der Waals surface area contributed by atoms with Gasteiger partial charge >= 0.3 is 12.2 Å². The maximum Gasteiger partial charge on any atom is 0.416 e. The Balaban J connectivity index is 1.23. The van der Waals surface area contributed by atoms with E-state index in [1.54, 1.807) is 12.1 Å². The van der Waals surface area contributed by atoms with E-state index >= 15 is 0 Å². The highest BCUT2D eigenvalue weighted by Crippen LogP contribution is 2.36. The molecule has 1 aliphatic rings. The van der Waals surface area contributed by atoms with Gasteiger partial charge in [0.25, 0.3) is 0 Å². The van der Waals surface area contributed by atoms with E-state index in [1.165, 1.54) is 38.4 Å². The van der Waals surface area contributed by atoms with Crippen LogP contribution in [-0.2, 0) is 6.18 Å². The van der Waals surface area contributed by atoms with Crippen LogP contribution in [0.4, 0.5) is 33.7 Å². The van der Waals surface area contributed by atoms with Crippen LogP contribution >= 0.6 is 0 Å². The Morgan fingerprint density at radius 3 is 2.44 bits per heavy atom. The summed E-state index contributed by atoms with van der Waals surface area (Å²) in [6, 6.07) is 10.2. The topological polar surface area (TPSA) is 97.8 Å². The zero-order valence-electron chi connectivity index (χ0n) is 23.2. The van der Waals surface area contributed by atoms with Gasteiger partial charge in [-0.15, -0.1) is 0 Å². The van der Waals surface area contributed by atoms with Crippen LogP contribution in [0.1, 0.15) is 24.8 Å². The van der Waals surface area contributed by atoms with E-state index in [1.807, 2.05) is 0 Å². The summed E-state index contributed by atoms with van der Waals surface area (Å²) in [5, 5.41) is 5.19. The number of amides is 2. The molecule has 0 unspecified atom stereocenters. The first-order valence-corrected chi connectivity index (χ1v) is 13.6. The molecule has 0 spiro atoms. The number of urea groups is 1. The second-order valence-electron chi connectivity index (χ2n) is 9.85. The highest BCUT2D eigenvalue weighted by Gasteiger charge is 2.30. The molecule has 1 aromatic heterocycles. The van der Waals surface area contributed by atoms with E-state index < -0.39 is 23.6 Å². The molecular formula is C30H29F4N5O4. The minimum atomic E-state index is -4.50. The van der Waals surface area contributed by atoms with E-state index in [9.17, 15) is 22.4 Å². The molecule has 5 rings (SSSR count). The third kappa shape index (κ3) is 7.60. The number of rotatable bonds is 10. The molecular weight excluding hydrogens is 570 g/mol. The SMILES string of the molecule is COc1cc2c(Oc3ccc(NC(=O)Nc4ccc(C(F)(F)F)cc4)c(F)c3)ncnc2cc1OCCCN1CCCC1. The summed E-state index contributed by atoms with van der Waals surface area (Å²) >= 11 is 0. The fourth-order valence-electron chi connectivity index (χ4n) is 4.67. The molecule has 2 amide bonds. The first-order chi connectivity index (χ1) is 20.7. The molecule has 0 radical (unpaired) electrons. The highest BCUT2D eigenvalue weighted by molar-refractivity contribution is 5.99. The van der Waals surface area contributed by atoms with Crippen molar-refractivity contribution in [2.75, 3.05) is 44.0 Å². The lowest BCUT2D eigenvalue weighted by atomic mass is 10.2. The van der Waals surface area contributed by atoms with Crippen LogP contribution in [0, 0.1) is 5.82 Å². The number of nitrogens with zero attached hydrogens (tertiary/aromatic N) is 3. The summed E-state index contributed by atoms with van der Waals surface area (Å²) in [5.41, 5.74) is -0.379. The Morgan fingerprint density at radius 2 is 1.74 bits per heavy atom. The van der Waals surface area contributed by atoms with Crippen molar-refractivity contribution < 1.29 is 36.6 Å². The number of carbonyl (C=O) groups excluding carboxylic acids is 1. The summed E-state index contributed by atoms with van der Waals surface area (Å²) in [5.74, 6) is 0.465. The first-order valence-electron chi connectivity index (χ1n) is 13.6. The van der Waals surface area contributed by atoms with Gasteiger partial charge in [0.05, 0.1) is 35.9 Å². The van der Waals surface area contributed by atoms with Gasteiger partial charge in [0.15, 0.2) is 11.5 Å². The van der Waals surface area contributed by atoms with Crippen molar-refractivity contribution in [1.29, 1.82) is 0 Å². The highest BCUT2D eigenvalue weighted by atomic mass is 19.4. The number of carbonyl (C=O) groups is 1. The smallest absolute Gasteiger partial charge is 0.416 e. The normalized spacial score (nSPS) is 13.6. The molecule has 226 valence electrons. The van der Waals surface area contributed by atoms with Crippen molar-refractivity contribution in [2.24, 2.45) is 0 Å². The zero-order valence-corrected chi connectivity index (χ0v) is 23.2. The van der Waals surface area contributed by atoms with Crippen molar-refractivity contribution in [3.63, 3.8) is 0 Å². The molecule has 2 heterocycles. The third-order valence-electron chi connectivity index (χ3n) is 6.83. The van der Waals surface area contributed by atoms with Crippen molar-refractivity contribution >= 4 is 28.3 Å². The Hall–Kier alpha value is -4.65. The maximum atomic E-state index is 14.8. The molecule has 1 aliphatic heterocycles. The molecule has 0 atom stereocenters. The number of fused-ring (bicyclic) bond motifs is 1. The van der Waals surface area contributed by atoms with Gasteiger partial charge in [0.2, 0.25) is 5.88 Å². The van der Waals surface area contributed by atoms with Crippen molar-refractivity contribution in [1.82, 2.24) is 14.9 Å². The fourth-order valence-corrected chi connectivity index (χ4v) is 4.67. The van der Waals surface area contributed by atoms with Gasteiger partial charge in [-0.3, -0.25) is 0 Å². The second kappa shape index (κ2) is 13.1. The Labute approximate surface area is 244 Å². The number of nitrogens with one attached hydrogen (secondary N) is 2. The molecule has 9 nitrogen and oxygen atoms in total. The number of alkyl halides is 3. The van der Waals surface area contributed by atoms with Gasteiger partial charge in [0, 0.05) is 24.4 Å². The zero-order chi connectivity index (χ0) is 30.4. The molecule has 0 bridgehead atoms. The van der Waals surface area contributed by atoms with Gasteiger partial charge in [-0.1, -0.05) is 0 Å². The summed E-state index contributed by atoms with van der Waals surface area (Å²) < 4.78 is 70.4. The quantitative estimate of drug-likeness (QED) is 0.148. The van der Waals surface area contributed by atoms with Crippen molar-refractivity contribution in [2.45, 2.75) is 25.4 Å². The first kappa shape index (κ1) is 29.8. The number of hydrogen-bond acceptors (Lipinski definition) is 7. The number of hydrogen-bond donors (Lipinski definition) is 2. The molecule has 4 aromatic rings. The predicted octanol–water partition coefficient (Wildman–Crippen LogP) is 7.10. The minimum absolute atomic E-state index is 0.104. The van der Waals surface area contributed by atoms with E-state index in [2.05, 4.69) is 25.5 Å². The van der Waals surface area contributed by atoms with Crippen molar-refractivity contribution in [3.8, 4) is 23.1 Å². The van der Waals surface area contributed by atoms with Crippen LogP contribution in [0.25, 0.3) is 10.9 Å². The predicted molar refractivity (Wildman–Crippen MR) is 152 cm³/mol. The van der Waals surface area contributed by atoms with Crippen molar-refractivity contribution in [3.05, 3.63) is 72.3 Å². The minimum Gasteiger partial charge on any atom is -0.493 e. The number of ether oxygens (including phenoxy) is 3. The van der Waals surface area contributed by atoms with Gasteiger partial charge < -0.3 is 29.7 Å². The van der Waals surface area contributed by atoms with E-state index in [0.29, 0.717) is 29.0 Å². The molecule has 0 aliphatic carbocycles. The lowest BCUT2D eigenvalue weighted by Gasteiger charge is -2.16. The largest absolute Gasteiger partial charge is 0.493 e. The molecule has 0 saturated carbocycles. The second-order valence-corrected chi connectivity index (χ2v) is 9.85. The average molecular weight is 600 g/mol. The standard InChI is InChI=1S/C30H29F4N5O4/c1-41-26-16-22-25(17-27(26)42-14-4-13-39-11-2-3-12-39)35-18-36-28(22)43-21-9-10-24(23(31)15-21)38-29(40)37-20-7-5-19(6-8-20)30(32,33)34/h5-10,15-18H,2-4,11-14H2,1H3,(H2,37,38,40). The summed E-state index contributed by atoms with van der Waals surface area (Å²) in [6.45, 7) is 3.76. The van der Waals surface area contributed by atoms with Crippen LogP contribution in [-0.4, -0.2) is 54.2 Å². The van der Waals surface area contributed by atoms with Crippen LogP contribution in [0.3, 0.4) is 0 Å².